The van der Waals surface area contributed by atoms with Gasteiger partial charge < -0.3 is 10.6 Å². The predicted octanol–water partition coefficient (Wildman–Crippen LogP) is 1.70. The van der Waals surface area contributed by atoms with Crippen LogP contribution < -0.4 is 10.6 Å². The Morgan fingerprint density at radius 2 is 2.16 bits per heavy atom. The van der Waals surface area contributed by atoms with E-state index in [4.69, 9.17) is 0 Å². The van der Waals surface area contributed by atoms with E-state index in [9.17, 15) is 4.79 Å². The SMILES string of the molecule is CNCc1cccc(NC(=O)c2cc(C)nn2C)c1. The molecule has 0 bridgehead atoms. The van der Waals surface area contributed by atoms with E-state index in [2.05, 4.69) is 15.7 Å². The number of benzene rings is 1. The van der Waals surface area contributed by atoms with E-state index in [1.807, 2.05) is 38.2 Å². The number of nitrogens with one attached hydrogen (secondary N) is 2. The van der Waals surface area contributed by atoms with E-state index in [1.54, 1.807) is 17.8 Å². The molecule has 1 heterocycles. The van der Waals surface area contributed by atoms with Crippen LogP contribution in [0.15, 0.2) is 30.3 Å². The molecule has 0 fully saturated rings. The second kappa shape index (κ2) is 5.67. The van der Waals surface area contributed by atoms with Gasteiger partial charge in [-0.05, 0) is 37.7 Å². The van der Waals surface area contributed by atoms with E-state index in [0.717, 1.165) is 23.5 Å². The summed E-state index contributed by atoms with van der Waals surface area (Å²) in [5, 5.41) is 10.1. The van der Waals surface area contributed by atoms with Gasteiger partial charge in [0.2, 0.25) is 0 Å². The number of aromatic nitrogens is 2. The molecular weight excluding hydrogens is 240 g/mol. The Morgan fingerprint density at radius 3 is 2.79 bits per heavy atom. The summed E-state index contributed by atoms with van der Waals surface area (Å²) in [5.41, 5.74) is 3.30. The summed E-state index contributed by atoms with van der Waals surface area (Å²) < 4.78 is 1.59. The van der Waals surface area contributed by atoms with Crippen LogP contribution in [0.4, 0.5) is 5.69 Å². The van der Waals surface area contributed by atoms with Gasteiger partial charge in [-0.2, -0.15) is 5.10 Å². The molecule has 2 N–H and O–H groups in total. The lowest BCUT2D eigenvalue weighted by Gasteiger charge is -2.07. The van der Waals surface area contributed by atoms with Gasteiger partial charge in [0.1, 0.15) is 5.69 Å². The predicted molar refractivity (Wildman–Crippen MR) is 75.1 cm³/mol. The molecule has 0 aliphatic heterocycles. The van der Waals surface area contributed by atoms with Gasteiger partial charge in [-0.25, -0.2) is 0 Å². The first-order chi connectivity index (χ1) is 9.10. The van der Waals surface area contributed by atoms with Crippen molar-refractivity contribution >= 4 is 11.6 Å². The topological polar surface area (TPSA) is 58.9 Å². The molecule has 1 amide bonds. The van der Waals surface area contributed by atoms with Crippen molar-refractivity contribution in [2.45, 2.75) is 13.5 Å². The summed E-state index contributed by atoms with van der Waals surface area (Å²) in [5.74, 6) is -0.148. The maximum absolute atomic E-state index is 12.1. The number of hydrogen-bond acceptors (Lipinski definition) is 3. The lowest BCUT2D eigenvalue weighted by molar-refractivity contribution is 0.101. The molecule has 0 saturated heterocycles. The van der Waals surface area contributed by atoms with E-state index in [-0.39, 0.29) is 5.91 Å². The van der Waals surface area contributed by atoms with Gasteiger partial charge in [-0.15, -0.1) is 0 Å². The minimum absolute atomic E-state index is 0.148. The third-order valence-electron chi connectivity index (χ3n) is 2.80. The summed E-state index contributed by atoms with van der Waals surface area (Å²) in [7, 11) is 3.66. The van der Waals surface area contributed by atoms with Crippen LogP contribution in [0.1, 0.15) is 21.7 Å². The Balaban J connectivity index is 2.14. The maximum atomic E-state index is 12.1. The Bertz CT molecular complexity index is 589. The highest BCUT2D eigenvalue weighted by atomic mass is 16.2. The minimum atomic E-state index is -0.148. The van der Waals surface area contributed by atoms with Crippen LogP contribution in [-0.2, 0) is 13.6 Å². The summed E-state index contributed by atoms with van der Waals surface area (Å²) >= 11 is 0. The molecule has 0 unspecified atom stereocenters. The molecular formula is C14H18N4O. The average Bonchev–Trinajstić information content (AvgIpc) is 2.69. The van der Waals surface area contributed by atoms with Crippen molar-refractivity contribution in [3.63, 3.8) is 0 Å². The van der Waals surface area contributed by atoms with Crippen molar-refractivity contribution in [3.05, 3.63) is 47.3 Å². The quantitative estimate of drug-likeness (QED) is 0.877. The first-order valence-corrected chi connectivity index (χ1v) is 6.15. The zero-order valence-electron chi connectivity index (χ0n) is 11.4. The Labute approximate surface area is 112 Å². The highest BCUT2D eigenvalue weighted by molar-refractivity contribution is 6.03. The monoisotopic (exact) mass is 258 g/mol. The molecule has 2 aromatic rings. The summed E-state index contributed by atoms with van der Waals surface area (Å²) in [6, 6.07) is 9.54. The fourth-order valence-electron chi connectivity index (χ4n) is 1.98. The fraction of sp³-hybridized carbons (Fsp3) is 0.286. The number of anilines is 1. The van der Waals surface area contributed by atoms with Crippen molar-refractivity contribution in [2.75, 3.05) is 12.4 Å². The Hall–Kier alpha value is -2.14. The van der Waals surface area contributed by atoms with Crippen molar-refractivity contribution in [3.8, 4) is 0 Å². The third kappa shape index (κ3) is 3.20. The number of nitrogens with zero attached hydrogens (tertiary/aromatic N) is 2. The van der Waals surface area contributed by atoms with E-state index in [0.29, 0.717) is 5.69 Å². The molecule has 1 aromatic heterocycles. The molecule has 0 saturated carbocycles. The van der Waals surface area contributed by atoms with Crippen LogP contribution in [-0.4, -0.2) is 22.7 Å². The second-order valence-electron chi connectivity index (χ2n) is 4.48. The van der Waals surface area contributed by atoms with Gasteiger partial charge in [0.25, 0.3) is 5.91 Å². The highest BCUT2D eigenvalue weighted by Crippen LogP contribution is 2.12. The number of carbonyl (C=O) groups is 1. The van der Waals surface area contributed by atoms with Crippen LogP contribution in [0.2, 0.25) is 0 Å². The van der Waals surface area contributed by atoms with Gasteiger partial charge in [0, 0.05) is 19.3 Å². The van der Waals surface area contributed by atoms with Crippen molar-refractivity contribution in [1.29, 1.82) is 0 Å². The fourth-order valence-corrected chi connectivity index (χ4v) is 1.98. The Morgan fingerprint density at radius 1 is 1.37 bits per heavy atom. The molecule has 100 valence electrons. The van der Waals surface area contributed by atoms with Crippen LogP contribution in [0.25, 0.3) is 0 Å². The average molecular weight is 258 g/mol. The van der Waals surface area contributed by atoms with E-state index >= 15 is 0 Å². The maximum Gasteiger partial charge on any atom is 0.273 e. The molecule has 5 heteroatoms. The number of rotatable bonds is 4. The van der Waals surface area contributed by atoms with Gasteiger partial charge >= 0.3 is 0 Å². The first kappa shape index (κ1) is 13.3. The number of amides is 1. The standard InChI is InChI=1S/C14H18N4O/c1-10-7-13(18(3)17-10)14(19)16-12-6-4-5-11(8-12)9-15-2/h4-8,15H,9H2,1-3H3,(H,16,19). The molecule has 0 atom stereocenters. The lowest BCUT2D eigenvalue weighted by atomic mass is 10.2. The molecule has 2 rings (SSSR count). The molecule has 0 aliphatic rings. The van der Waals surface area contributed by atoms with Gasteiger partial charge in [-0.3, -0.25) is 9.48 Å². The van der Waals surface area contributed by atoms with Crippen molar-refractivity contribution in [1.82, 2.24) is 15.1 Å². The highest BCUT2D eigenvalue weighted by Gasteiger charge is 2.11. The van der Waals surface area contributed by atoms with Crippen LogP contribution in [0.3, 0.4) is 0 Å². The van der Waals surface area contributed by atoms with Gasteiger partial charge in [-0.1, -0.05) is 12.1 Å². The number of carbonyl (C=O) groups excluding carboxylic acids is 1. The van der Waals surface area contributed by atoms with Crippen molar-refractivity contribution < 1.29 is 4.79 Å². The summed E-state index contributed by atoms with van der Waals surface area (Å²) in [6.45, 7) is 2.64. The molecule has 5 nitrogen and oxygen atoms in total. The van der Waals surface area contributed by atoms with E-state index < -0.39 is 0 Å². The third-order valence-corrected chi connectivity index (χ3v) is 2.80. The van der Waals surface area contributed by atoms with Gasteiger partial charge in [0.15, 0.2) is 0 Å². The smallest absolute Gasteiger partial charge is 0.273 e. The van der Waals surface area contributed by atoms with Crippen LogP contribution in [0, 0.1) is 6.92 Å². The number of aryl methyl sites for hydroxylation is 2. The molecule has 1 aromatic carbocycles. The first-order valence-electron chi connectivity index (χ1n) is 6.15. The van der Waals surface area contributed by atoms with E-state index in [1.165, 1.54) is 0 Å². The summed E-state index contributed by atoms with van der Waals surface area (Å²) in [6.07, 6.45) is 0. The largest absolute Gasteiger partial charge is 0.321 e. The Kier molecular flexibility index (Phi) is 3.97. The second-order valence-corrected chi connectivity index (χ2v) is 4.48. The number of hydrogen-bond donors (Lipinski definition) is 2. The van der Waals surface area contributed by atoms with Crippen molar-refractivity contribution in [2.24, 2.45) is 7.05 Å². The molecule has 0 spiro atoms. The molecule has 19 heavy (non-hydrogen) atoms. The van der Waals surface area contributed by atoms with Gasteiger partial charge in [0.05, 0.1) is 5.69 Å². The van der Waals surface area contributed by atoms with Crippen LogP contribution in [0.5, 0.6) is 0 Å². The molecule has 0 radical (unpaired) electrons. The zero-order valence-corrected chi connectivity index (χ0v) is 11.4. The summed E-state index contributed by atoms with van der Waals surface area (Å²) in [4.78, 5) is 12.1. The minimum Gasteiger partial charge on any atom is -0.321 e. The molecule has 0 aliphatic carbocycles. The van der Waals surface area contributed by atoms with Crippen LogP contribution >= 0.6 is 0 Å². The zero-order chi connectivity index (χ0) is 13.8. The lowest BCUT2D eigenvalue weighted by Crippen LogP contribution is -2.16. The normalized spacial score (nSPS) is 10.5.